The average Bonchev–Trinajstić information content (AvgIpc) is 3.18. The Balaban J connectivity index is 1.97. The zero-order valence-electron chi connectivity index (χ0n) is 22.6. The normalized spacial score (nSPS) is 21.4. The van der Waals surface area contributed by atoms with Gasteiger partial charge in [0, 0.05) is 25.2 Å². The van der Waals surface area contributed by atoms with E-state index in [9.17, 15) is 19.8 Å². The van der Waals surface area contributed by atoms with Gasteiger partial charge in [0.05, 0.1) is 18.8 Å². The van der Waals surface area contributed by atoms with Gasteiger partial charge in [0.15, 0.2) is 0 Å². The van der Waals surface area contributed by atoms with E-state index in [2.05, 4.69) is 11.8 Å². The van der Waals surface area contributed by atoms with Crippen LogP contribution in [0.3, 0.4) is 0 Å². The Hall–Kier alpha value is -3.26. The molecular weight excluding hydrogens is 496 g/mol. The van der Waals surface area contributed by atoms with Crippen molar-refractivity contribution < 1.29 is 34.4 Å². The lowest BCUT2D eigenvalue weighted by atomic mass is 9.85. The van der Waals surface area contributed by atoms with Crippen LogP contribution in [-0.2, 0) is 20.7 Å². The molecule has 0 saturated heterocycles. The van der Waals surface area contributed by atoms with E-state index in [1.165, 1.54) is 0 Å². The number of carboxylic acids is 1. The van der Waals surface area contributed by atoms with Crippen LogP contribution in [0.25, 0.3) is 0 Å². The summed E-state index contributed by atoms with van der Waals surface area (Å²) in [6, 6.07) is 9.93. The molecule has 1 saturated carbocycles. The molecule has 5 atom stereocenters. The van der Waals surface area contributed by atoms with Crippen LogP contribution >= 0.6 is 0 Å². The Morgan fingerprint density at radius 3 is 2.38 bits per heavy atom. The van der Waals surface area contributed by atoms with E-state index in [1.54, 1.807) is 0 Å². The topological polar surface area (TPSA) is 113 Å². The summed E-state index contributed by atoms with van der Waals surface area (Å²) in [6.07, 6.45) is 17.7. The van der Waals surface area contributed by atoms with Crippen LogP contribution in [0.2, 0.25) is 0 Å². The van der Waals surface area contributed by atoms with E-state index in [4.69, 9.17) is 27.4 Å². The summed E-state index contributed by atoms with van der Waals surface area (Å²) in [5, 5.41) is 30.0. The minimum atomic E-state index is -0.814. The highest BCUT2D eigenvalue weighted by Crippen LogP contribution is 2.39. The van der Waals surface area contributed by atoms with Crippen molar-refractivity contribution in [2.75, 3.05) is 6.61 Å². The average molecular weight is 539 g/mol. The van der Waals surface area contributed by atoms with Gasteiger partial charge in [-0.2, -0.15) is 0 Å². The first-order valence-electron chi connectivity index (χ1n) is 13.8. The third kappa shape index (κ3) is 12.4. The number of hydrogen-bond donors (Lipinski definition) is 3. The minimum absolute atomic E-state index is 0.0903. The second-order valence-electron chi connectivity index (χ2n) is 10.3. The zero-order valence-corrected chi connectivity index (χ0v) is 22.6. The second-order valence-corrected chi connectivity index (χ2v) is 10.3. The van der Waals surface area contributed by atoms with Crippen molar-refractivity contribution in [3.8, 4) is 24.7 Å². The van der Waals surface area contributed by atoms with Crippen LogP contribution in [0.5, 0.6) is 0 Å². The molecule has 2 rings (SSSR count). The number of aryl methyl sites for hydroxylation is 1. The molecule has 1 unspecified atom stereocenters. The van der Waals surface area contributed by atoms with Gasteiger partial charge in [-0.1, -0.05) is 42.5 Å². The lowest BCUT2D eigenvalue weighted by molar-refractivity contribution is -0.137. The van der Waals surface area contributed by atoms with Gasteiger partial charge in [-0.3, -0.25) is 4.79 Å². The fraction of sp³-hybridized carbons (Fsp3) is 0.562. The van der Waals surface area contributed by atoms with Crippen molar-refractivity contribution in [1.29, 1.82) is 0 Å². The highest BCUT2D eigenvalue weighted by Gasteiger charge is 2.40. The quantitative estimate of drug-likeness (QED) is 0.109. The number of hydrogen-bond acceptors (Lipinski definition) is 6. The molecule has 7 heteroatoms. The van der Waals surface area contributed by atoms with Crippen molar-refractivity contribution in [2.24, 2.45) is 17.8 Å². The summed E-state index contributed by atoms with van der Waals surface area (Å²) in [5.74, 6) is 3.90. The summed E-state index contributed by atoms with van der Waals surface area (Å²) in [5.41, 5.74) is 1.13. The van der Waals surface area contributed by atoms with Crippen LogP contribution in [-0.4, -0.2) is 52.4 Å². The van der Waals surface area contributed by atoms with Crippen LogP contribution < -0.4 is 0 Å². The standard InChI is InChI=1S/C32H42O7/c1-3-12-25(13-4-2)23-38-32(37)39-26(19-18-24-14-8-7-9-15-24)20-21-28-27(29(33)22-30(28)34)16-10-5-6-11-17-31(35)36/h1-2,5,7-10,14-15,25-30,33-34H,6,11-13,16-23H2,(H,35,36)/t26?,27-,28-,29+,30-/m1/s1. The molecule has 212 valence electrons. The van der Waals surface area contributed by atoms with Gasteiger partial charge >= 0.3 is 12.1 Å². The number of benzene rings is 1. The fourth-order valence-corrected chi connectivity index (χ4v) is 5.14. The molecular formula is C32H42O7. The molecule has 1 aliphatic carbocycles. The number of rotatable bonds is 17. The highest BCUT2D eigenvalue weighted by molar-refractivity contribution is 5.66. The van der Waals surface area contributed by atoms with Crippen molar-refractivity contribution in [2.45, 2.75) is 88.9 Å². The molecule has 1 fully saturated rings. The monoisotopic (exact) mass is 538 g/mol. The van der Waals surface area contributed by atoms with Gasteiger partial charge in [-0.15, -0.1) is 24.7 Å². The maximum atomic E-state index is 12.5. The largest absolute Gasteiger partial charge is 0.508 e. The molecule has 3 N–H and O–H groups in total. The Morgan fingerprint density at radius 1 is 1.03 bits per heavy atom. The predicted molar refractivity (Wildman–Crippen MR) is 149 cm³/mol. The molecule has 0 amide bonds. The van der Waals surface area contributed by atoms with Gasteiger partial charge in [0.25, 0.3) is 0 Å². The maximum absolute atomic E-state index is 12.5. The Labute approximate surface area is 232 Å². The molecule has 7 nitrogen and oxygen atoms in total. The van der Waals surface area contributed by atoms with E-state index in [1.807, 2.05) is 42.5 Å². The molecule has 0 radical (unpaired) electrons. The number of aliphatic hydroxyl groups is 2. The summed E-state index contributed by atoms with van der Waals surface area (Å²) in [4.78, 5) is 23.2. The first-order chi connectivity index (χ1) is 18.8. The van der Waals surface area contributed by atoms with Gasteiger partial charge in [-0.05, 0) is 68.8 Å². The molecule has 0 spiro atoms. The lowest BCUT2D eigenvalue weighted by Gasteiger charge is -2.25. The number of carbonyl (C=O) groups is 2. The SMILES string of the molecule is C#CCC(CC#C)COC(=O)OC(CCc1ccccc1)CC[C@@H]1[C@@H](CC=CCCCC(=O)O)[C@@H](O)C[C@H]1O. The summed E-state index contributed by atoms with van der Waals surface area (Å²) >= 11 is 0. The first-order valence-corrected chi connectivity index (χ1v) is 13.8. The minimum Gasteiger partial charge on any atom is -0.481 e. The van der Waals surface area contributed by atoms with Crippen LogP contribution in [0, 0.1) is 42.4 Å². The van der Waals surface area contributed by atoms with E-state index >= 15 is 0 Å². The summed E-state index contributed by atoms with van der Waals surface area (Å²) in [6.45, 7) is 0.0903. The van der Waals surface area contributed by atoms with Crippen molar-refractivity contribution in [3.05, 3.63) is 48.0 Å². The molecule has 0 aromatic heterocycles. The summed E-state index contributed by atoms with van der Waals surface area (Å²) in [7, 11) is 0. The Bertz CT molecular complexity index is 958. The number of carboxylic acid groups (broad SMARTS) is 1. The van der Waals surface area contributed by atoms with Crippen LogP contribution in [0.15, 0.2) is 42.5 Å². The number of carbonyl (C=O) groups excluding carboxylic acids is 1. The van der Waals surface area contributed by atoms with Crippen LogP contribution in [0.1, 0.15) is 69.8 Å². The van der Waals surface area contributed by atoms with Crippen molar-refractivity contribution >= 4 is 12.1 Å². The molecule has 1 aromatic rings. The lowest BCUT2D eigenvalue weighted by Crippen LogP contribution is -2.26. The molecule has 0 bridgehead atoms. The van der Waals surface area contributed by atoms with Crippen LogP contribution in [0.4, 0.5) is 4.79 Å². The number of unbranched alkanes of at least 4 members (excludes halogenated alkanes) is 1. The van der Waals surface area contributed by atoms with E-state index < -0.39 is 30.4 Å². The third-order valence-corrected chi connectivity index (χ3v) is 7.29. The number of aliphatic carboxylic acids is 1. The van der Waals surface area contributed by atoms with Crippen molar-refractivity contribution in [1.82, 2.24) is 0 Å². The van der Waals surface area contributed by atoms with E-state index in [0.717, 1.165) is 5.56 Å². The molecule has 39 heavy (non-hydrogen) atoms. The maximum Gasteiger partial charge on any atom is 0.508 e. The molecule has 1 aliphatic rings. The van der Waals surface area contributed by atoms with Crippen molar-refractivity contribution in [3.63, 3.8) is 0 Å². The smallest absolute Gasteiger partial charge is 0.481 e. The van der Waals surface area contributed by atoms with Gasteiger partial charge in [0.1, 0.15) is 6.10 Å². The van der Waals surface area contributed by atoms with Gasteiger partial charge in [0.2, 0.25) is 0 Å². The van der Waals surface area contributed by atoms with E-state index in [0.29, 0.717) is 64.2 Å². The molecule has 0 aliphatic heterocycles. The number of ether oxygens (including phenoxy) is 2. The Kier molecular flexibility index (Phi) is 14.8. The van der Waals surface area contributed by atoms with E-state index in [-0.39, 0.29) is 30.8 Å². The number of aliphatic hydroxyl groups excluding tert-OH is 2. The third-order valence-electron chi connectivity index (χ3n) is 7.29. The predicted octanol–water partition coefficient (Wildman–Crippen LogP) is 5.14. The second kappa shape index (κ2) is 18.1. The number of allylic oxidation sites excluding steroid dienone is 2. The van der Waals surface area contributed by atoms with Gasteiger partial charge in [-0.25, -0.2) is 4.79 Å². The summed E-state index contributed by atoms with van der Waals surface area (Å²) < 4.78 is 11.0. The first kappa shape index (κ1) is 32.0. The number of terminal acetylenes is 2. The Morgan fingerprint density at radius 2 is 1.72 bits per heavy atom. The van der Waals surface area contributed by atoms with Gasteiger partial charge < -0.3 is 24.8 Å². The highest BCUT2D eigenvalue weighted by atomic mass is 16.7. The fourth-order valence-electron chi connectivity index (χ4n) is 5.14. The molecule has 1 aromatic carbocycles. The molecule has 0 heterocycles. The zero-order chi connectivity index (χ0) is 28.5.